The van der Waals surface area contributed by atoms with Crippen LogP contribution in [0.15, 0.2) is 42.9 Å². The standard InChI is InChI=1S/C14H13N3O2/c1-18-13-4-3-10(7-14(13)19-2)12-9-15-8-11-5-6-16-17(11)12/h3-9H,1-2H3. The number of methoxy groups -OCH3 is 2. The lowest BCUT2D eigenvalue weighted by Crippen LogP contribution is -1.96. The van der Waals surface area contributed by atoms with Crippen molar-refractivity contribution < 1.29 is 9.47 Å². The number of benzene rings is 1. The monoisotopic (exact) mass is 255 g/mol. The van der Waals surface area contributed by atoms with E-state index in [1.807, 2.05) is 28.8 Å². The molecule has 2 aromatic heterocycles. The average molecular weight is 255 g/mol. The van der Waals surface area contributed by atoms with E-state index >= 15 is 0 Å². The molecule has 5 nitrogen and oxygen atoms in total. The van der Waals surface area contributed by atoms with Gasteiger partial charge in [-0.2, -0.15) is 5.10 Å². The zero-order valence-electron chi connectivity index (χ0n) is 10.7. The van der Waals surface area contributed by atoms with Gasteiger partial charge in [0.1, 0.15) is 0 Å². The highest BCUT2D eigenvalue weighted by Gasteiger charge is 2.09. The van der Waals surface area contributed by atoms with Gasteiger partial charge in [0.25, 0.3) is 0 Å². The van der Waals surface area contributed by atoms with Gasteiger partial charge in [0, 0.05) is 5.56 Å². The highest BCUT2D eigenvalue weighted by Crippen LogP contribution is 2.31. The quantitative estimate of drug-likeness (QED) is 0.721. The number of aromatic nitrogens is 3. The molecule has 1 aromatic carbocycles. The van der Waals surface area contributed by atoms with E-state index in [0.717, 1.165) is 16.8 Å². The van der Waals surface area contributed by atoms with Crippen molar-refractivity contribution >= 4 is 5.52 Å². The summed E-state index contributed by atoms with van der Waals surface area (Å²) in [4.78, 5) is 4.23. The third-order valence-corrected chi connectivity index (χ3v) is 2.98. The molecule has 0 aliphatic rings. The molecule has 96 valence electrons. The van der Waals surface area contributed by atoms with Crippen molar-refractivity contribution in [1.82, 2.24) is 14.6 Å². The summed E-state index contributed by atoms with van der Waals surface area (Å²) in [5, 5.41) is 4.30. The van der Waals surface area contributed by atoms with Gasteiger partial charge in [-0.3, -0.25) is 4.98 Å². The van der Waals surface area contributed by atoms with Crippen molar-refractivity contribution in [2.45, 2.75) is 0 Å². The molecule has 0 bridgehead atoms. The summed E-state index contributed by atoms with van der Waals surface area (Å²) in [5.41, 5.74) is 2.83. The average Bonchev–Trinajstić information content (AvgIpc) is 2.94. The van der Waals surface area contributed by atoms with Crippen molar-refractivity contribution in [2.24, 2.45) is 0 Å². The maximum atomic E-state index is 5.32. The van der Waals surface area contributed by atoms with Gasteiger partial charge in [-0.25, -0.2) is 4.52 Å². The van der Waals surface area contributed by atoms with E-state index in [4.69, 9.17) is 9.47 Å². The maximum Gasteiger partial charge on any atom is 0.161 e. The zero-order chi connectivity index (χ0) is 13.2. The van der Waals surface area contributed by atoms with Gasteiger partial charge in [0.15, 0.2) is 11.5 Å². The molecule has 3 rings (SSSR count). The van der Waals surface area contributed by atoms with Gasteiger partial charge in [-0.1, -0.05) is 0 Å². The SMILES string of the molecule is COc1ccc(-c2cncc3ccnn23)cc1OC. The Hall–Kier alpha value is -2.56. The van der Waals surface area contributed by atoms with Gasteiger partial charge in [-0.15, -0.1) is 0 Å². The first-order valence-corrected chi connectivity index (χ1v) is 5.83. The Morgan fingerprint density at radius 1 is 1.00 bits per heavy atom. The number of hydrogen-bond acceptors (Lipinski definition) is 4. The van der Waals surface area contributed by atoms with Gasteiger partial charge in [0.2, 0.25) is 0 Å². The minimum atomic E-state index is 0.684. The first kappa shape index (κ1) is 11.5. The Morgan fingerprint density at radius 3 is 2.63 bits per heavy atom. The van der Waals surface area contributed by atoms with Crippen LogP contribution in [0.25, 0.3) is 16.8 Å². The minimum Gasteiger partial charge on any atom is -0.493 e. The van der Waals surface area contributed by atoms with Crippen LogP contribution in [-0.4, -0.2) is 28.8 Å². The summed E-state index contributed by atoms with van der Waals surface area (Å²) >= 11 is 0. The maximum absolute atomic E-state index is 5.32. The van der Waals surface area contributed by atoms with Gasteiger partial charge >= 0.3 is 0 Å². The van der Waals surface area contributed by atoms with Crippen LogP contribution in [0.1, 0.15) is 0 Å². The van der Waals surface area contributed by atoms with Crippen LogP contribution in [0.2, 0.25) is 0 Å². The molecule has 0 fully saturated rings. The smallest absolute Gasteiger partial charge is 0.161 e. The van der Waals surface area contributed by atoms with Crippen molar-refractivity contribution in [3.05, 3.63) is 42.9 Å². The number of hydrogen-bond donors (Lipinski definition) is 0. The van der Waals surface area contributed by atoms with E-state index in [0.29, 0.717) is 11.5 Å². The van der Waals surface area contributed by atoms with E-state index in [2.05, 4.69) is 10.1 Å². The highest BCUT2D eigenvalue weighted by molar-refractivity contribution is 5.66. The molecule has 0 amide bonds. The topological polar surface area (TPSA) is 48.7 Å². The molecule has 0 saturated carbocycles. The third-order valence-electron chi connectivity index (χ3n) is 2.98. The number of nitrogens with zero attached hydrogens (tertiary/aromatic N) is 3. The summed E-state index contributed by atoms with van der Waals surface area (Å²) in [6.45, 7) is 0. The molecule has 19 heavy (non-hydrogen) atoms. The lowest BCUT2D eigenvalue weighted by molar-refractivity contribution is 0.355. The molecule has 0 saturated heterocycles. The van der Waals surface area contributed by atoms with Gasteiger partial charge < -0.3 is 9.47 Å². The Labute approximate surface area is 110 Å². The van der Waals surface area contributed by atoms with Crippen LogP contribution in [0.4, 0.5) is 0 Å². The summed E-state index contributed by atoms with van der Waals surface area (Å²) in [6, 6.07) is 7.66. The lowest BCUT2D eigenvalue weighted by atomic mass is 10.1. The van der Waals surface area contributed by atoms with E-state index in [1.54, 1.807) is 32.8 Å². The Balaban J connectivity index is 2.19. The predicted molar refractivity (Wildman–Crippen MR) is 71.5 cm³/mol. The molecule has 3 aromatic rings. The van der Waals surface area contributed by atoms with Crippen LogP contribution >= 0.6 is 0 Å². The van der Waals surface area contributed by atoms with Crippen LogP contribution in [0.5, 0.6) is 11.5 Å². The van der Waals surface area contributed by atoms with Crippen LogP contribution in [-0.2, 0) is 0 Å². The van der Waals surface area contributed by atoms with Crippen molar-refractivity contribution in [2.75, 3.05) is 14.2 Å². The number of fused-ring (bicyclic) bond motifs is 1. The molecule has 0 aliphatic heterocycles. The van der Waals surface area contributed by atoms with E-state index in [9.17, 15) is 0 Å². The number of rotatable bonds is 3. The van der Waals surface area contributed by atoms with Crippen molar-refractivity contribution in [3.63, 3.8) is 0 Å². The molecule has 0 N–H and O–H groups in total. The summed E-state index contributed by atoms with van der Waals surface area (Å²) < 4.78 is 12.4. The fourth-order valence-electron chi connectivity index (χ4n) is 2.04. The second-order valence-electron chi connectivity index (χ2n) is 4.03. The van der Waals surface area contributed by atoms with Crippen molar-refractivity contribution in [3.8, 4) is 22.8 Å². The third kappa shape index (κ3) is 1.89. The second kappa shape index (κ2) is 4.61. The van der Waals surface area contributed by atoms with Gasteiger partial charge in [0.05, 0.1) is 44.0 Å². The van der Waals surface area contributed by atoms with E-state index < -0.39 is 0 Å². The van der Waals surface area contributed by atoms with Crippen molar-refractivity contribution in [1.29, 1.82) is 0 Å². The fourth-order valence-corrected chi connectivity index (χ4v) is 2.04. The Kier molecular flexibility index (Phi) is 2.79. The van der Waals surface area contributed by atoms with E-state index in [1.165, 1.54) is 0 Å². The summed E-state index contributed by atoms with van der Waals surface area (Å²) in [5.74, 6) is 1.39. The highest BCUT2D eigenvalue weighted by atomic mass is 16.5. The molecular weight excluding hydrogens is 242 g/mol. The Morgan fingerprint density at radius 2 is 1.84 bits per heavy atom. The minimum absolute atomic E-state index is 0.684. The first-order valence-electron chi connectivity index (χ1n) is 5.83. The zero-order valence-corrected chi connectivity index (χ0v) is 10.7. The first-order chi connectivity index (χ1) is 9.33. The second-order valence-corrected chi connectivity index (χ2v) is 4.03. The summed E-state index contributed by atoms with van der Waals surface area (Å²) in [7, 11) is 3.24. The lowest BCUT2D eigenvalue weighted by Gasteiger charge is -2.10. The van der Waals surface area contributed by atoms with Crippen LogP contribution in [0, 0.1) is 0 Å². The van der Waals surface area contributed by atoms with Crippen LogP contribution < -0.4 is 9.47 Å². The molecule has 5 heteroatoms. The van der Waals surface area contributed by atoms with Crippen LogP contribution in [0.3, 0.4) is 0 Å². The molecule has 0 spiro atoms. The molecule has 2 heterocycles. The largest absolute Gasteiger partial charge is 0.493 e. The molecule has 0 aliphatic carbocycles. The summed E-state index contributed by atoms with van der Waals surface area (Å²) in [6.07, 6.45) is 5.31. The normalized spacial score (nSPS) is 10.6. The molecule has 0 radical (unpaired) electrons. The molecule has 0 atom stereocenters. The van der Waals surface area contributed by atoms with Gasteiger partial charge in [-0.05, 0) is 24.3 Å². The number of ether oxygens (including phenoxy) is 2. The Bertz CT molecular complexity index is 722. The molecule has 0 unspecified atom stereocenters. The predicted octanol–water partition coefficient (Wildman–Crippen LogP) is 2.41. The molecular formula is C14H13N3O2. The van der Waals surface area contributed by atoms with E-state index in [-0.39, 0.29) is 0 Å². The fraction of sp³-hybridized carbons (Fsp3) is 0.143.